The zero-order valence-electron chi connectivity index (χ0n) is 10.8. The molecule has 0 atom stereocenters. The van der Waals surface area contributed by atoms with Crippen molar-refractivity contribution >= 4 is 16.8 Å². The topological polar surface area (TPSA) is 56.3 Å². The lowest BCUT2D eigenvalue weighted by atomic mass is 9.97. The zero-order chi connectivity index (χ0) is 13.2. The van der Waals surface area contributed by atoms with Crippen LogP contribution in [0.2, 0.25) is 0 Å². The van der Waals surface area contributed by atoms with Gasteiger partial charge in [-0.25, -0.2) is 0 Å². The van der Waals surface area contributed by atoms with E-state index in [1.807, 2.05) is 35.4 Å². The van der Waals surface area contributed by atoms with E-state index in [4.69, 9.17) is 5.11 Å². The lowest BCUT2D eigenvalue weighted by molar-refractivity contribution is 0.0652. The summed E-state index contributed by atoms with van der Waals surface area (Å²) in [4.78, 5) is 17.6. The number of likely N-dealkylation sites (tertiary alicyclic amines) is 1. The van der Waals surface area contributed by atoms with Crippen LogP contribution in [0.3, 0.4) is 0 Å². The summed E-state index contributed by atoms with van der Waals surface area (Å²) < 4.78 is 0. The molecule has 1 saturated heterocycles. The van der Waals surface area contributed by atoms with Gasteiger partial charge in [-0.15, -0.1) is 0 Å². The third-order valence-electron chi connectivity index (χ3n) is 3.98. The largest absolute Gasteiger partial charge is 0.396 e. The van der Waals surface area contributed by atoms with Crippen molar-refractivity contribution in [2.75, 3.05) is 19.7 Å². The number of nitrogens with one attached hydrogen (secondary N) is 1. The first-order valence-corrected chi connectivity index (χ1v) is 6.76. The molecular formula is C15H18N2O2. The van der Waals surface area contributed by atoms with Gasteiger partial charge in [0.2, 0.25) is 0 Å². The highest BCUT2D eigenvalue weighted by molar-refractivity contribution is 6.05. The van der Waals surface area contributed by atoms with Crippen LogP contribution in [0.15, 0.2) is 30.5 Å². The SMILES string of the molecule is O=C(c1cccc2cc[nH]c12)N1CCC(CO)CC1. The lowest BCUT2D eigenvalue weighted by Gasteiger charge is -2.31. The second-order valence-electron chi connectivity index (χ2n) is 5.17. The number of aliphatic hydroxyl groups excluding tert-OH is 1. The fraction of sp³-hybridized carbons (Fsp3) is 0.400. The van der Waals surface area contributed by atoms with Crippen LogP contribution < -0.4 is 0 Å². The van der Waals surface area contributed by atoms with Gasteiger partial charge in [0.15, 0.2) is 0 Å². The number of aromatic amines is 1. The van der Waals surface area contributed by atoms with Crippen molar-refractivity contribution in [3.05, 3.63) is 36.0 Å². The van der Waals surface area contributed by atoms with Gasteiger partial charge in [0.1, 0.15) is 0 Å². The molecule has 4 nitrogen and oxygen atoms in total. The van der Waals surface area contributed by atoms with Crippen molar-refractivity contribution < 1.29 is 9.90 Å². The van der Waals surface area contributed by atoms with Crippen molar-refractivity contribution in [2.45, 2.75) is 12.8 Å². The number of nitrogens with zero attached hydrogens (tertiary/aromatic N) is 1. The number of rotatable bonds is 2. The first kappa shape index (κ1) is 12.2. The predicted octanol–water partition coefficient (Wildman–Crippen LogP) is 2.01. The Morgan fingerprint density at radius 3 is 2.84 bits per heavy atom. The van der Waals surface area contributed by atoms with E-state index >= 15 is 0 Å². The summed E-state index contributed by atoms with van der Waals surface area (Å²) in [5.41, 5.74) is 1.65. The summed E-state index contributed by atoms with van der Waals surface area (Å²) in [6, 6.07) is 7.77. The van der Waals surface area contributed by atoms with Crippen LogP contribution in [0, 0.1) is 5.92 Å². The van der Waals surface area contributed by atoms with Crippen molar-refractivity contribution in [1.29, 1.82) is 0 Å². The van der Waals surface area contributed by atoms with Gasteiger partial charge < -0.3 is 15.0 Å². The lowest BCUT2D eigenvalue weighted by Crippen LogP contribution is -2.39. The molecular weight excluding hydrogens is 240 g/mol. The standard InChI is InChI=1S/C15H18N2O2/c18-10-11-5-8-17(9-6-11)15(19)13-3-1-2-12-4-7-16-14(12)13/h1-4,7,11,16,18H,5-6,8-10H2. The molecule has 1 aliphatic rings. The van der Waals surface area contributed by atoms with Crippen LogP contribution in [0.1, 0.15) is 23.2 Å². The predicted molar refractivity (Wildman–Crippen MR) is 74.0 cm³/mol. The number of aliphatic hydroxyl groups is 1. The Morgan fingerprint density at radius 2 is 2.11 bits per heavy atom. The van der Waals surface area contributed by atoms with Gasteiger partial charge in [0.05, 0.1) is 11.1 Å². The van der Waals surface area contributed by atoms with Crippen molar-refractivity contribution in [3.63, 3.8) is 0 Å². The first-order valence-electron chi connectivity index (χ1n) is 6.76. The number of piperidine rings is 1. The molecule has 0 aliphatic carbocycles. The van der Waals surface area contributed by atoms with E-state index in [9.17, 15) is 4.79 Å². The summed E-state index contributed by atoms with van der Waals surface area (Å²) in [5.74, 6) is 0.440. The highest BCUT2D eigenvalue weighted by atomic mass is 16.3. The Labute approximate surface area is 112 Å². The van der Waals surface area contributed by atoms with Gasteiger partial charge in [-0.05, 0) is 30.9 Å². The molecule has 2 aromatic rings. The van der Waals surface area contributed by atoms with Crippen LogP contribution >= 0.6 is 0 Å². The fourth-order valence-corrected chi connectivity index (χ4v) is 2.75. The molecule has 0 radical (unpaired) electrons. The highest BCUT2D eigenvalue weighted by Crippen LogP contribution is 2.22. The Kier molecular flexibility index (Phi) is 3.25. The molecule has 2 N–H and O–H groups in total. The van der Waals surface area contributed by atoms with Gasteiger partial charge in [-0.2, -0.15) is 0 Å². The molecule has 19 heavy (non-hydrogen) atoms. The molecule has 0 unspecified atom stereocenters. The number of amides is 1. The maximum absolute atomic E-state index is 12.6. The normalized spacial score (nSPS) is 17.0. The molecule has 4 heteroatoms. The number of hydrogen-bond acceptors (Lipinski definition) is 2. The molecule has 0 bridgehead atoms. The van der Waals surface area contributed by atoms with Crippen LogP contribution in [-0.2, 0) is 0 Å². The number of carbonyl (C=O) groups excluding carboxylic acids is 1. The third kappa shape index (κ3) is 2.24. The average molecular weight is 258 g/mol. The van der Waals surface area contributed by atoms with E-state index in [0.717, 1.165) is 42.4 Å². The summed E-state index contributed by atoms with van der Waals surface area (Å²) in [6.07, 6.45) is 3.64. The van der Waals surface area contributed by atoms with E-state index in [1.165, 1.54) is 0 Å². The Balaban J connectivity index is 1.82. The van der Waals surface area contributed by atoms with Crippen LogP contribution in [0.4, 0.5) is 0 Å². The Morgan fingerprint density at radius 1 is 1.32 bits per heavy atom. The van der Waals surface area contributed by atoms with Gasteiger partial charge in [0, 0.05) is 31.3 Å². The molecule has 1 amide bonds. The maximum atomic E-state index is 12.6. The van der Waals surface area contributed by atoms with Gasteiger partial charge in [-0.1, -0.05) is 12.1 Å². The van der Waals surface area contributed by atoms with Crippen molar-refractivity contribution in [1.82, 2.24) is 9.88 Å². The Bertz CT molecular complexity index is 583. The molecule has 0 spiro atoms. The molecule has 1 fully saturated rings. The minimum atomic E-state index is 0.0874. The van der Waals surface area contributed by atoms with Crippen molar-refractivity contribution in [3.8, 4) is 0 Å². The third-order valence-corrected chi connectivity index (χ3v) is 3.98. The van der Waals surface area contributed by atoms with Gasteiger partial charge in [-0.3, -0.25) is 4.79 Å². The molecule has 100 valence electrons. The smallest absolute Gasteiger partial charge is 0.255 e. The number of hydrogen-bond donors (Lipinski definition) is 2. The second-order valence-corrected chi connectivity index (χ2v) is 5.17. The molecule has 1 aromatic heterocycles. The van der Waals surface area contributed by atoms with E-state index in [0.29, 0.717) is 5.92 Å². The summed E-state index contributed by atoms with van der Waals surface area (Å²) in [7, 11) is 0. The fourth-order valence-electron chi connectivity index (χ4n) is 2.75. The number of aromatic nitrogens is 1. The second kappa shape index (κ2) is 5.05. The van der Waals surface area contributed by atoms with E-state index in [2.05, 4.69) is 4.98 Å². The molecule has 1 aromatic carbocycles. The maximum Gasteiger partial charge on any atom is 0.255 e. The minimum Gasteiger partial charge on any atom is -0.396 e. The number of fused-ring (bicyclic) bond motifs is 1. The van der Waals surface area contributed by atoms with E-state index in [1.54, 1.807) is 0 Å². The van der Waals surface area contributed by atoms with Crippen LogP contribution in [0.25, 0.3) is 10.9 Å². The number of carbonyl (C=O) groups is 1. The first-order chi connectivity index (χ1) is 9.29. The number of para-hydroxylation sites is 1. The molecule has 3 rings (SSSR count). The molecule has 2 heterocycles. The Hall–Kier alpha value is -1.81. The highest BCUT2D eigenvalue weighted by Gasteiger charge is 2.24. The van der Waals surface area contributed by atoms with Crippen LogP contribution in [0.5, 0.6) is 0 Å². The average Bonchev–Trinajstić information content (AvgIpc) is 2.95. The summed E-state index contributed by atoms with van der Waals surface area (Å²) in [5, 5.41) is 10.2. The summed E-state index contributed by atoms with van der Waals surface area (Å²) in [6.45, 7) is 1.70. The van der Waals surface area contributed by atoms with Crippen molar-refractivity contribution in [2.24, 2.45) is 5.92 Å². The minimum absolute atomic E-state index is 0.0874. The number of H-pyrrole nitrogens is 1. The van der Waals surface area contributed by atoms with Gasteiger partial charge in [0.25, 0.3) is 5.91 Å². The summed E-state index contributed by atoms with van der Waals surface area (Å²) >= 11 is 0. The monoisotopic (exact) mass is 258 g/mol. The van der Waals surface area contributed by atoms with E-state index in [-0.39, 0.29) is 12.5 Å². The molecule has 0 saturated carbocycles. The zero-order valence-corrected chi connectivity index (χ0v) is 10.8. The quantitative estimate of drug-likeness (QED) is 0.865. The van der Waals surface area contributed by atoms with Crippen LogP contribution in [-0.4, -0.2) is 40.6 Å². The number of benzene rings is 1. The van der Waals surface area contributed by atoms with Gasteiger partial charge >= 0.3 is 0 Å². The molecule has 1 aliphatic heterocycles. The van der Waals surface area contributed by atoms with E-state index < -0.39 is 0 Å².